The predicted molar refractivity (Wildman–Crippen MR) is 95.9 cm³/mol. The largest absolute Gasteiger partial charge is 0.480 e. The minimum absolute atomic E-state index is 0.488. The first-order valence-electron chi connectivity index (χ1n) is 8.61. The molecule has 4 nitrogen and oxygen atoms in total. The molecule has 1 saturated heterocycles. The maximum Gasteiger partial charge on any atom is 0.328 e. The van der Waals surface area contributed by atoms with Gasteiger partial charge in [-0.25, -0.2) is 9.80 Å². The van der Waals surface area contributed by atoms with E-state index in [0.29, 0.717) is 6.42 Å². The van der Waals surface area contributed by atoms with E-state index in [1.54, 1.807) is 0 Å². The molecular weight excluding hydrogens is 300 g/mol. The molecule has 1 fully saturated rings. The lowest BCUT2D eigenvalue weighted by molar-refractivity contribution is -0.139. The van der Waals surface area contributed by atoms with Crippen molar-refractivity contribution in [1.82, 2.24) is 5.01 Å². The van der Waals surface area contributed by atoms with Crippen molar-refractivity contribution in [2.45, 2.75) is 31.7 Å². The summed E-state index contributed by atoms with van der Waals surface area (Å²) in [7, 11) is 0. The van der Waals surface area contributed by atoms with Crippen LogP contribution in [0.4, 0.5) is 5.69 Å². The van der Waals surface area contributed by atoms with Crippen molar-refractivity contribution in [3.05, 3.63) is 66.2 Å². The van der Waals surface area contributed by atoms with E-state index < -0.39 is 12.0 Å². The van der Waals surface area contributed by atoms with Gasteiger partial charge in [-0.15, -0.1) is 0 Å². The van der Waals surface area contributed by atoms with Gasteiger partial charge < -0.3 is 5.11 Å². The molecule has 2 aromatic rings. The van der Waals surface area contributed by atoms with E-state index in [0.717, 1.165) is 37.2 Å². The Balaban J connectivity index is 1.92. The zero-order valence-electron chi connectivity index (χ0n) is 13.8. The van der Waals surface area contributed by atoms with Crippen LogP contribution in [0.15, 0.2) is 60.7 Å². The second-order valence-corrected chi connectivity index (χ2v) is 6.24. The van der Waals surface area contributed by atoms with Gasteiger partial charge in [0.25, 0.3) is 0 Å². The number of para-hydroxylation sites is 1. The maximum atomic E-state index is 12.1. The monoisotopic (exact) mass is 324 g/mol. The summed E-state index contributed by atoms with van der Waals surface area (Å²) in [4.78, 5) is 12.1. The Kier molecular flexibility index (Phi) is 5.49. The molecule has 4 heteroatoms. The molecule has 0 aromatic heterocycles. The van der Waals surface area contributed by atoms with Crippen molar-refractivity contribution in [2.75, 3.05) is 18.1 Å². The Morgan fingerprint density at radius 2 is 1.54 bits per heavy atom. The zero-order valence-corrected chi connectivity index (χ0v) is 13.8. The van der Waals surface area contributed by atoms with Crippen LogP contribution in [0.2, 0.25) is 0 Å². The average Bonchev–Trinajstić information content (AvgIpc) is 2.64. The van der Waals surface area contributed by atoms with Crippen molar-refractivity contribution in [2.24, 2.45) is 0 Å². The number of hydrazine groups is 1. The molecular formula is C20H24N2O2. The molecule has 24 heavy (non-hydrogen) atoms. The zero-order chi connectivity index (χ0) is 16.8. The van der Waals surface area contributed by atoms with Crippen LogP contribution in [0.1, 0.15) is 24.8 Å². The molecule has 3 rings (SSSR count). The van der Waals surface area contributed by atoms with E-state index in [1.165, 1.54) is 6.42 Å². The summed E-state index contributed by atoms with van der Waals surface area (Å²) in [5.74, 6) is -0.784. The van der Waals surface area contributed by atoms with Crippen molar-refractivity contribution in [3.63, 3.8) is 0 Å². The topological polar surface area (TPSA) is 43.8 Å². The van der Waals surface area contributed by atoms with Crippen molar-refractivity contribution >= 4 is 11.7 Å². The predicted octanol–water partition coefficient (Wildman–Crippen LogP) is 3.59. The number of carbonyl (C=O) groups is 1. The third kappa shape index (κ3) is 3.95. The molecule has 126 valence electrons. The highest BCUT2D eigenvalue weighted by atomic mass is 16.4. The van der Waals surface area contributed by atoms with Crippen LogP contribution in [-0.4, -0.2) is 35.2 Å². The molecule has 0 radical (unpaired) electrons. The highest BCUT2D eigenvalue weighted by Gasteiger charge is 2.31. The fourth-order valence-electron chi connectivity index (χ4n) is 3.33. The van der Waals surface area contributed by atoms with Gasteiger partial charge in [-0.3, -0.25) is 5.01 Å². The fraction of sp³-hybridized carbons (Fsp3) is 0.350. The Hall–Kier alpha value is -2.33. The van der Waals surface area contributed by atoms with Crippen molar-refractivity contribution in [3.8, 4) is 0 Å². The molecule has 2 aromatic carbocycles. The van der Waals surface area contributed by atoms with E-state index in [1.807, 2.05) is 65.7 Å². The summed E-state index contributed by atoms with van der Waals surface area (Å²) in [6, 6.07) is 19.2. The molecule has 1 heterocycles. The van der Waals surface area contributed by atoms with Crippen LogP contribution in [0.5, 0.6) is 0 Å². The quantitative estimate of drug-likeness (QED) is 0.882. The van der Waals surface area contributed by atoms with Crippen LogP contribution in [-0.2, 0) is 11.2 Å². The van der Waals surface area contributed by atoms with Crippen LogP contribution in [0, 0.1) is 0 Å². The van der Waals surface area contributed by atoms with Crippen molar-refractivity contribution < 1.29 is 9.90 Å². The minimum atomic E-state index is -0.784. The van der Waals surface area contributed by atoms with Crippen LogP contribution in [0.25, 0.3) is 0 Å². The van der Waals surface area contributed by atoms with Gasteiger partial charge in [0.05, 0.1) is 5.69 Å². The van der Waals surface area contributed by atoms with E-state index in [9.17, 15) is 9.90 Å². The van der Waals surface area contributed by atoms with Gasteiger partial charge in [0, 0.05) is 19.5 Å². The lowest BCUT2D eigenvalue weighted by Crippen LogP contribution is -2.55. The van der Waals surface area contributed by atoms with E-state index in [4.69, 9.17) is 0 Å². The number of benzene rings is 2. The van der Waals surface area contributed by atoms with Gasteiger partial charge in [0.15, 0.2) is 0 Å². The van der Waals surface area contributed by atoms with Gasteiger partial charge in [0.1, 0.15) is 6.04 Å². The Labute approximate surface area is 143 Å². The number of rotatable bonds is 6. The SMILES string of the molecule is O=C(O)[C@H](Cc1ccccc1)N(c1ccccc1)N1CCCCC1. The van der Waals surface area contributed by atoms with Gasteiger partial charge in [0.2, 0.25) is 0 Å². The second kappa shape index (κ2) is 7.97. The number of nitrogens with zero attached hydrogens (tertiary/aromatic N) is 2. The number of carboxylic acids is 1. The highest BCUT2D eigenvalue weighted by molar-refractivity contribution is 5.78. The third-order valence-corrected chi connectivity index (χ3v) is 4.51. The second-order valence-electron chi connectivity index (χ2n) is 6.24. The molecule has 1 atom stereocenters. The van der Waals surface area contributed by atoms with Gasteiger partial charge in [-0.2, -0.15) is 0 Å². The highest BCUT2D eigenvalue weighted by Crippen LogP contribution is 2.24. The Morgan fingerprint density at radius 1 is 0.958 bits per heavy atom. The lowest BCUT2D eigenvalue weighted by atomic mass is 10.0. The summed E-state index contributed by atoms with van der Waals surface area (Å²) in [5, 5.41) is 14.1. The van der Waals surface area contributed by atoms with E-state index in [2.05, 4.69) is 5.01 Å². The summed E-state index contributed by atoms with van der Waals surface area (Å²) >= 11 is 0. The maximum absolute atomic E-state index is 12.1. The Bertz CT molecular complexity index is 639. The first-order chi connectivity index (χ1) is 11.8. The summed E-state index contributed by atoms with van der Waals surface area (Å²) in [6.07, 6.45) is 3.93. The number of anilines is 1. The molecule has 0 spiro atoms. The smallest absolute Gasteiger partial charge is 0.328 e. The summed E-state index contributed by atoms with van der Waals surface area (Å²) in [5.41, 5.74) is 1.99. The molecule has 0 saturated carbocycles. The summed E-state index contributed by atoms with van der Waals surface area (Å²) in [6.45, 7) is 1.82. The normalized spacial score (nSPS) is 16.5. The van der Waals surface area contributed by atoms with E-state index >= 15 is 0 Å². The van der Waals surface area contributed by atoms with Crippen LogP contribution < -0.4 is 5.01 Å². The van der Waals surface area contributed by atoms with Crippen LogP contribution >= 0.6 is 0 Å². The van der Waals surface area contributed by atoms with Gasteiger partial charge in [-0.1, -0.05) is 55.0 Å². The number of aliphatic carboxylic acids is 1. The first kappa shape index (κ1) is 16.5. The molecule has 1 aliphatic heterocycles. The Morgan fingerprint density at radius 3 is 2.12 bits per heavy atom. The van der Waals surface area contributed by atoms with Gasteiger partial charge >= 0.3 is 5.97 Å². The molecule has 0 unspecified atom stereocenters. The number of piperidine rings is 1. The molecule has 0 bridgehead atoms. The molecule has 1 N–H and O–H groups in total. The van der Waals surface area contributed by atoms with Gasteiger partial charge in [-0.05, 0) is 30.5 Å². The lowest BCUT2D eigenvalue weighted by Gasteiger charge is -2.42. The first-order valence-corrected chi connectivity index (χ1v) is 8.61. The summed E-state index contributed by atoms with van der Waals surface area (Å²) < 4.78 is 0. The molecule has 1 aliphatic rings. The molecule has 0 amide bonds. The van der Waals surface area contributed by atoms with Crippen molar-refractivity contribution in [1.29, 1.82) is 0 Å². The molecule has 0 aliphatic carbocycles. The third-order valence-electron chi connectivity index (χ3n) is 4.51. The number of hydrogen-bond donors (Lipinski definition) is 1. The fourth-order valence-corrected chi connectivity index (χ4v) is 3.33. The minimum Gasteiger partial charge on any atom is -0.480 e. The average molecular weight is 324 g/mol. The van der Waals surface area contributed by atoms with Crippen LogP contribution in [0.3, 0.4) is 0 Å². The number of hydrogen-bond acceptors (Lipinski definition) is 3. The standard InChI is InChI=1S/C20H24N2O2/c23-20(24)19(16-17-10-4-1-5-11-17)22(18-12-6-2-7-13-18)21-14-8-3-9-15-21/h1-2,4-7,10-13,19H,3,8-9,14-16H2,(H,23,24)/t19-/m0/s1. The number of carboxylic acid groups (broad SMARTS) is 1. The van der Waals surface area contributed by atoms with E-state index in [-0.39, 0.29) is 0 Å².